The van der Waals surface area contributed by atoms with Crippen molar-refractivity contribution in [1.29, 1.82) is 0 Å². The predicted octanol–water partition coefficient (Wildman–Crippen LogP) is 4.71. The molecule has 0 amide bonds. The van der Waals surface area contributed by atoms with E-state index in [1.165, 1.54) is 43.6 Å². The number of terminal acetylenes is 2. The highest BCUT2D eigenvalue weighted by atomic mass is 19.1. The Kier molecular flexibility index (Phi) is 9.01. The third-order valence-corrected chi connectivity index (χ3v) is 9.02. The number of carbonyl (C=O) groups excluding carboxylic acids is 2. The summed E-state index contributed by atoms with van der Waals surface area (Å²) in [5, 5.41) is 3.58. The number of methoxy groups -OCH3 is 1. The number of fused-ring (bicyclic) bond motifs is 2. The van der Waals surface area contributed by atoms with Crippen molar-refractivity contribution in [3.05, 3.63) is 63.7 Å². The largest absolute Gasteiger partial charge is 0.492 e. The summed E-state index contributed by atoms with van der Waals surface area (Å²) in [6.45, 7) is 2.33. The molecule has 10 heteroatoms. The number of hydrogen-bond donors (Lipinski definition) is 1. The molecule has 3 aromatic rings. The van der Waals surface area contributed by atoms with Gasteiger partial charge in [0.25, 0.3) is 0 Å². The number of esters is 2. The van der Waals surface area contributed by atoms with Gasteiger partial charge >= 0.3 is 11.9 Å². The van der Waals surface area contributed by atoms with E-state index in [0.29, 0.717) is 43.1 Å². The second-order valence-corrected chi connectivity index (χ2v) is 12.2. The van der Waals surface area contributed by atoms with Crippen LogP contribution in [0.25, 0.3) is 10.9 Å². The molecule has 9 nitrogen and oxygen atoms in total. The zero-order valence-corrected chi connectivity index (χ0v) is 25.7. The zero-order chi connectivity index (χ0) is 32.4. The first-order valence-corrected chi connectivity index (χ1v) is 15.6. The molecular formula is C36H36FN3O6. The molecule has 0 bridgehead atoms. The molecule has 1 aromatic heterocycles. The predicted molar refractivity (Wildman–Crippen MR) is 172 cm³/mol. The third-order valence-electron chi connectivity index (χ3n) is 9.02. The van der Waals surface area contributed by atoms with Crippen LogP contribution in [0.5, 0.6) is 11.5 Å². The molecule has 6 rings (SSSR count). The van der Waals surface area contributed by atoms with Gasteiger partial charge in [0.2, 0.25) is 5.43 Å². The van der Waals surface area contributed by atoms with Gasteiger partial charge in [0.1, 0.15) is 17.0 Å². The van der Waals surface area contributed by atoms with Crippen LogP contribution in [0.15, 0.2) is 41.3 Å². The number of carbonyl (C=O) groups is 2. The van der Waals surface area contributed by atoms with Gasteiger partial charge in [0.05, 0.1) is 30.2 Å². The first-order chi connectivity index (χ1) is 22.3. The number of piperidine rings is 1. The first-order valence-electron chi connectivity index (χ1n) is 15.6. The number of pyridine rings is 1. The fourth-order valence-corrected chi connectivity index (χ4v) is 6.60. The lowest BCUT2D eigenvalue weighted by Crippen LogP contribution is -2.40. The van der Waals surface area contributed by atoms with Gasteiger partial charge < -0.3 is 29.0 Å². The number of anilines is 1. The van der Waals surface area contributed by atoms with Crippen LogP contribution in [0.1, 0.15) is 65.3 Å². The van der Waals surface area contributed by atoms with Crippen molar-refractivity contribution >= 4 is 28.5 Å². The molecule has 0 spiro atoms. The highest BCUT2D eigenvalue weighted by molar-refractivity contribution is 5.98. The summed E-state index contributed by atoms with van der Waals surface area (Å²) in [6, 6.07) is 7.41. The Labute approximate surface area is 267 Å². The van der Waals surface area contributed by atoms with Gasteiger partial charge in [0.15, 0.2) is 11.6 Å². The maximum Gasteiger partial charge on any atom is 0.349 e. The lowest BCUT2D eigenvalue weighted by atomic mass is 9.94. The molecule has 3 aliphatic rings. The van der Waals surface area contributed by atoms with E-state index < -0.39 is 23.2 Å². The number of nitrogens with zero attached hydrogens (tertiary/aromatic N) is 2. The van der Waals surface area contributed by atoms with Crippen LogP contribution < -0.4 is 25.1 Å². The Hall–Kier alpha value is -4.80. The van der Waals surface area contributed by atoms with Gasteiger partial charge in [0, 0.05) is 50.1 Å². The van der Waals surface area contributed by atoms with Crippen LogP contribution in [0, 0.1) is 42.3 Å². The summed E-state index contributed by atoms with van der Waals surface area (Å²) in [5.74, 6) is 3.49. The maximum atomic E-state index is 16.0. The lowest BCUT2D eigenvalue weighted by Gasteiger charge is -2.25. The summed E-state index contributed by atoms with van der Waals surface area (Å²) in [5.41, 5.74) is 0.0357. The summed E-state index contributed by atoms with van der Waals surface area (Å²) in [4.78, 5) is 41.9. The van der Waals surface area contributed by atoms with Gasteiger partial charge in [-0.3, -0.25) is 4.79 Å². The number of benzene rings is 2. The SMILES string of the molecule is C#CCC(CC#C)COC(=O)c1cccc(OC(=O)c2cn(C3CC3)c3c(OC)c(N4C[C@@H]5CCCN[C@@H]5C4)c(F)cc3c2=O)c1. The molecule has 2 atom stereocenters. The summed E-state index contributed by atoms with van der Waals surface area (Å²) in [6.07, 6.45) is 16.8. The van der Waals surface area contributed by atoms with Crippen molar-refractivity contribution in [3.63, 3.8) is 0 Å². The highest BCUT2D eigenvalue weighted by Gasteiger charge is 2.38. The Morgan fingerprint density at radius 2 is 1.89 bits per heavy atom. The highest BCUT2D eigenvalue weighted by Crippen LogP contribution is 2.45. The van der Waals surface area contributed by atoms with Gasteiger partial charge in [-0.15, -0.1) is 24.7 Å². The van der Waals surface area contributed by atoms with Crippen LogP contribution in [-0.4, -0.2) is 55.9 Å². The number of ether oxygens (including phenoxy) is 3. The van der Waals surface area contributed by atoms with Crippen molar-refractivity contribution in [1.82, 2.24) is 9.88 Å². The van der Waals surface area contributed by atoms with Gasteiger partial charge in [-0.2, -0.15) is 0 Å². The van der Waals surface area contributed by atoms with Crippen LogP contribution >= 0.6 is 0 Å². The first kappa shape index (κ1) is 31.2. The van der Waals surface area contributed by atoms with E-state index in [4.69, 9.17) is 27.1 Å². The average molecular weight is 626 g/mol. The monoisotopic (exact) mass is 625 g/mol. The van der Waals surface area contributed by atoms with Crippen LogP contribution in [0.2, 0.25) is 0 Å². The van der Waals surface area contributed by atoms with Crippen molar-refractivity contribution in [2.24, 2.45) is 11.8 Å². The Morgan fingerprint density at radius 1 is 1.11 bits per heavy atom. The fourth-order valence-electron chi connectivity index (χ4n) is 6.60. The Balaban J connectivity index is 1.29. The number of rotatable bonds is 10. The standard InChI is InChI=1S/C36H36FN3O6/c1-4-8-22(9-5-2)21-45-35(42)23-10-6-12-26(16-23)46-36(43)28-19-40(25-13-14-25)31-27(33(28)41)17-29(37)32(34(31)44-3)39-18-24-11-7-15-38-30(24)20-39/h1-2,6,10,12,16-17,19,22,24-25,30,38H,7-9,11,13-15,18,20-21H2,3H3/t24-,30+/m0/s1. The molecule has 238 valence electrons. The minimum atomic E-state index is -0.923. The Morgan fingerprint density at radius 3 is 2.59 bits per heavy atom. The van der Waals surface area contributed by atoms with E-state index in [1.807, 2.05) is 9.47 Å². The zero-order valence-electron chi connectivity index (χ0n) is 25.7. The molecule has 3 fully saturated rings. The minimum Gasteiger partial charge on any atom is -0.492 e. The molecule has 1 aliphatic carbocycles. The van der Waals surface area contributed by atoms with E-state index in [1.54, 1.807) is 0 Å². The maximum absolute atomic E-state index is 16.0. The molecular weight excluding hydrogens is 589 g/mol. The summed E-state index contributed by atoms with van der Waals surface area (Å²) >= 11 is 0. The van der Waals surface area contributed by atoms with Gasteiger partial charge in [-0.1, -0.05) is 6.07 Å². The number of hydrogen-bond acceptors (Lipinski definition) is 8. The van der Waals surface area contributed by atoms with E-state index in [-0.39, 0.29) is 52.6 Å². The molecule has 2 aliphatic heterocycles. The molecule has 3 heterocycles. The quantitative estimate of drug-likeness (QED) is 0.197. The molecule has 2 aromatic carbocycles. The van der Waals surface area contributed by atoms with Crippen LogP contribution in [-0.2, 0) is 4.74 Å². The van der Waals surface area contributed by atoms with Crippen molar-refractivity contribution in [2.45, 2.75) is 50.6 Å². The van der Waals surface area contributed by atoms with Gasteiger partial charge in [-0.25, -0.2) is 14.0 Å². The van der Waals surface area contributed by atoms with Crippen LogP contribution in [0.3, 0.4) is 0 Å². The van der Waals surface area contributed by atoms with Gasteiger partial charge in [-0.05, 0) is 62.4 Å². The second kappa shape index (κ2) is 13.3. The smallest absolute Gasteiger partial charge is 0.349 e. The second-order valence-electron chi connectivity index (χ2n) is 12.2. The Bertz CT molecular complexity index is 1790. The molecule has 46 heavy (non-hydrogen) atoms. The number of nitrogens with one attached hydrogen (secondary N) is 1. The third kappa shape index (κ3) is 6.18. The normalized spacial score (nSPS) is 18.9. The summed E-state index contributed by atoms with van der Waals surface area (Å²) < 4.78 is 34.6. The van der Waals surface area contributed by atoms with E-state index in [0.717, 1.165) is 32.2 Å². The van der Waals surface area contributed by atoms with E-state index in [2.05, 4.69) is 17.2 Å². The van der Waals surface area contributed by atoms with Crippen molar-refractivity contribution in [3.8, 4) is 36.2 Å². The molecule has 2 saturated heterocycles. The molecule has 0 unspecified atom stereocenters. The summed E-state index contributed by atoms with van der Waals surface area (Å²) in [7, 11) is 1.48. The fraction of sp³-hybridized carbons (Fsp3) is 0.417. The van der Waals surface area contributed by atoms with Crippen molar-refractivity contribution in [2.75, 3.05) is 38.3 Å². The molecule has 1 saturated carbocycles. The van der Waals surface area contributed by atoms with E-state index in [9.17, 15) is 14.4 Å². The average Bonchev–Trinajstić information content (AvgIpc) is 3.81. The van der Waals surface area contributed by atoms with Crippen molar-refractivity contribution < 1.29 is 28.2 Å². The number of aromatic nitrogens is 1. The minimum absolute atomic E-state index is 0.0237. The topological polar surface area (TPSA) is 99.1 Å². The van der Waals surface area contributed by atoms with E-state index >= 15 is 4.39 Å². The van der Waals surface area contributed by atoms with Crippen LogP contribution in [0.4, 0.5) is 10.1 Å². The number of halogens is 1. The molecule has 1 N–H and O–H groups in total. The lowest BCUT2D eigenvalue weighted by molar-refractivity contribution is 0.0442. The molecule has 0 radical (unpaired) electrons.